The largest absolute Gasteiger partial charge is 0.377 e. The maximum atomic E-state index is 15.9. The van der Waals surface area contributed by atoms with E-state index in [0.29, 0.717) is 70.1 Å². The summed E-state index contributed by atoms with van der Waals surface area (Å²) in [5.74, 6) is -9.13. The van der Waals surface area contributed by atoms with Crippen molar-refractivity contribution in [2.75, 3.05) is 82.1 Å². The van der Waals surface area contributed by atoms with Gasteiger partial charge in [0.25, 0.3) is 0 Å². The number of halogens is 2. The molecule has 2 unspecified atom stereocenters. The van der Waals surface area contributed by atoms with Crippen molar-refractivity contribution in [2.45, 2.75) is 289 Å². The van der Waals surface area contributed by atoms with Gasteiger partial charge >= 0.3 is 0 Å². The number of carbonyl (C=O) groups excluding carboxylic acids is 12. The van der Waals surface area contributed by atoms with Gasteiger partial charge in [-0.25, -0.2) is 8.78 Å². The molecule has 8 aliphatic rings. The summed E-state index contributed by atoms with van der Waals surface area (Å²) in [6.45, 7) is 16.3. The summed E-state index contributed by atoms with van der Waals surface area (Å²) < 4.78 is 35.2. The second-order valence-corrected chi connectivity index (χ2v) is 34.6. The molecule has 0 aromatic carbocycles. The van der Waals surface area contributed by atoms with E-state index in [1.54, 1.807) is 11.8 Å². The van der Waals surface area contributed by atoms with Crippen molar-refractivity contribution in [3.63, 3.8) is 0 Å². The summed E-state index contributed by atoms with van der Waals surface area (Å²) in [4.78, 5) is 196. The molecule has 27 heteroatoms. The molecule has 2 bridgehead atoms. The predicted octanol–water partition coefficient (Wildman–Crippen LogP) is 7.03. The molecular formula is C80H130F2N12O13. The molecule has 5 saturated carbocycles. The second kappa shape index (κ2) is 37.3. The Hall–Kier alpha value is -6.80. The minimum atomic E-state index is -2.52. The highest BCUT2D eigenvalue weighted by Gasteiger charge is 2.59. The van der Waals surface area contributed by atoms with Gasteiger partial charge in [0, 0.05) is 87.4 Å². The fourth-order valence-electron chi connectivity index (χ4n) is 19.1. The van der Waals surface area contributed by atoms with E-state index in [0.717, 1.165) is 38.5 Å². The molecule has 0 radical (unpaired) electrons. The van der Waals surface area contributed by atoms with Crippen molar-refractivity contribution in [1.29, 1.82) is 0 Å². The number of ether oxygens (including phenoxy) is 1. The highest BCUT2D eigenvalue weighted by atomic mass is 19.3. The van der Waals surface area contributed by atoms with Crippen LogP contribution in [0.1, 0.15) is 216 Å². The average molecular weight is 1510 g/mol. The number of nitrogens with zero attached hydrogens (tertiary/aromatic N) is 9. The molecular weight excluding hydrogens is 1370 g/mol. The van der Waals surface area contributed by atoms with E-state index in [1.165, 1.54) is 88.5 Å². The van der Waals surface area contributed by atoms with Crippen LogP contribution in [-0.4, -0.2) is 270 Å². The summed E-state index contributed by atoms with van der Waals surface area (Å²) in [6, 6.07) is -10.1. The summed E-state index contributed by atoms with van der Waals surface area (Å²) in [5, 5.41) is 9.12. The fourth-order valence-corrected chi connectivity index (χ4v) is 19.1. The smallest absolute Gasteiger partial charge is 0.248 e. The maximum Gasteiger partial charge on any atom is 0.248 e. The number of amides is 12. The maximum absolute atomic E-state index is 15.9. The number of hydrogen-bond donors (Lipinski definition) is 3. The number of likely N-dealkylation sites (N-methyl/N-ethyl adjacent to an activating group) is 6. The van der Waals surface area contributed by atoms with Crippen molar-refractivity contribution >= 4 is 70.9 Å². The van der Waals surface area contributed by atoms with Crippen LogP contribution in [0.25, 0.3) is 0 Å². The summed E-state index contributed by atoms with van der Waals surface area (Å²) in [6.07, 6.45) is 10.5. The van der Waals surface area contributed by atoms with Crippen LogP contribution in [0.5, 0.6) is 0 Å². The SMILES string of the molecule is CCC[C@H]1C(=O)N[C@@H]([C@@H](C)CC)C(=O)N(C2CC2)CC(=O)N(C)[C@H]2C/C=C\CCN(C2=O)[C@@H](CC2CCC(C)CC2)C(=O)N(C)CC(=O)N[C@@H](CCC2CC(C)C(C(F)F)C(C)C2)C(=O)N2C[C@H](OCC)C[C@H]2C(=O)NC2(CC(C)(C)C2)C(=O)N(C)[C@@H](C2CCCC2)C(=O)N(C)[C@H](C(=O)N(C)C)CC(=O)N1C. The van der Waals surface area contributed by atoms with Gasteiger partial charge in [-0.1, -0.05) is 119 Å². The number of carbonyl (C=O) groups is 12. The van der Waals surface area contributed by atoms with Crippen LogP contribution in [0.3, 0.4) is 0 Å². The first-order chi connectivity index (χ1) is 50.5. The Labute approximate surface area is 635 Å². The third-order valence-corrected chi connectivity index (χ3v) is 25.5. The van der Waals surface area contributed by atoms with Crippen LogP contribution >= 0.6 is 0 Å². The third kappa shape index (κ3) is 20.6. The Morgan fingerprint density at radius 3 is 1.88 bits per heavy atom. The zero-order valence-electron chi connectivity index (χ0n) is 67.2. The van der Waals surface area contributed by atoms with E-state index in [9.17, 15) is 23.2 Å². The molecule has 2 saturated heterocycles. The topological polar surface area (TPSA) is 279 Å². The molecule has 25 nitrogen and oxygen atoms in total. The monoisotopic (exact) mass is 1500 g/mol. The van der Waals surface area contributed by atoms with Gasteiger partial charge in [-0.15, -0.1) is 0 Å². The quantitative estimate of drug-likeness (QED) is 0.139. The summed E-state index contributed by atoms with van der Waals surface area (Å²) in [5.41, 5.74) is -2.10. The van der Waals surface area contributed by atoms with Gasteiger partial charge in [-0.3, -0.25) is 57.5 Å². The first-order valence-electron chi connectivity index (χ1n) is 40.4. The Bertz CT molecular complexity index is 3190. The van der Waals surface area contributed by atoms with E-state index >= 15 is 43.2 Å². The number of rotatable bonds is 15. The van der Waals surface area contributed by atoms with Crippen LogP contribution in [0.4, 0.5) is 8.78 Å². The lowest BCUT2D eigenvalue weighted by Gasteiger charge is -2.54. The number of nitrogens with one attached hydrogen (secondary N) is 3. The van der Waals surface area contributed by atoms with Crippen molar-refractivity contribution < 1.29 is 71.1 Å². The van der Waals surface area contributed by atoms with Gasteiger partial charge in [0.15, 0.2) is 0 Å². The Balaban J connectivity index is 1.21. The molecule has 3 aliphatic heterocycles. The molecule has 12 amide bonds. The summed E-state index contributed by atoms with van der Waals surface area (Å²) >= 11 is 0. The molecule has 3 heterocycles. The lowest BCUT2D eigenvalue weighted by Crippen LogP contribution is -2.71. The van der Waals surface area contributed by atoms with Crippen LogP contribution < -0.4 is 16.0 Å². The van der Waals surface area contributed by atoms with Crippen molar-refractivity contribution in [1.82, 2.24) is 60.0 Å². The Kier molecular flexibility index (Phi) is 29.9. The molecule has 12 atom stereocenters. The lowest BCUT2D eigenvalue weighted by atomic mass is 9.58. The molecule has 0 aromatic rings. The molecule has 5 aliphatic carbocycles. The highest BCUT2D eigenvalue weighted by molar-refractivity contribution is 6.01. The number of alkyl halides is 2. The van der Waals surface area contributed by atoms with E-state index in [-0.39, 0.29) is 94.4 Å². The Morgan fingerprint density at radius 1 is 0.654 bits per heavy atom. The third-order valence-electron chi connectivity index (χ3n) is 25.5. The van der Waals surface area contributed by atoms with E-state index in [1.807, 2.05) is 60.6 Å². The molecule has 8 rings (SSSR count). The van der Waals surface area contributed by atoms with Crippen molar-refractivity contribution in [3.8, 4) is 0 Å². The van der Waals surface area contributed by atoms with Crippen LogP contribution in [0.15, 0.2) is 12.2 Å². The van der Waals surface area contributed by atoms with Gasteiger partial charge in [-0.2, -0.15) is 0 Å². The van der Waals surface area contributed by atoms with Crippen molar-refractivity contribution in [2.24, 2.45) is 52.8 Å². The van der Waals surface area contributed by atoms with E-state index in [2.05, 4.69) is 22.9 Å². The summed E-state index contributed by atoms with van der Waals surface area (Å²) in [7, 11) is 10.4. The molecule has 602 valence electrons. The van der Waals surface area contributed by atoms with Gasteiger partial charge < -0.3 is 64.8 Å². The zero-order valence-corrected chi connectivity index (χ0v) is 67.2. The van der Waals surface area contributed by atoms with Crippen LogP contribution in [0, 0.1) is 52.8 Å². The average Bonchev–Trinajstić information content (AvgIpc) is 1.15. The predicted molar refractivity (Wildman–Crippen MR) is 401 cm³/mol. The zero-order chi connectivity index (χ0) is 78.8. The molecule has 7 fully saturated rings. The van der Waals surface area contributed by atoms with Crippen LogP contribution in [0.2, 0.25) is 0 Å². The van der Waals surface area contributed by atoms with Gasteiger partial charge in [0.1, 0.15) is 60.4 Å². The molecule has 107 heavy (non-hydrogen) atoms. The number of hydrogen-bond acceptors (Lipinski definition) is 13. The van der Waals surface area contributed by atoms with Crippen LogP contribution in [-0.2, 0) is 62.3 Å². The second-order valence-electron chi connectivity index (χ2n) is 34.6. The first kappa shape index (κ1) is 85.8. The van der Waals surface area contributed by atoms with Gasteiger partial charge in [-0.05, 0) is 144 Å². The van der Waals surface area contributed by atoms with Gasteiger partial charge in [0.2, 0.25) is 77.3 Å². The van der Waals surface area contributed by atoms with E-state index in [4.69, 9.17) is 4.74 Å². The van der Waals surface area contributed by atoms with Crippen molar-refractivity contribution in [3.05, 3.63) is 12.2 Å². The number of fused-ring (bicyclic) bond motifs is 3. The first-order valence-corrected chi connectivity index (χ1v) is 40.4. The Morgan fingerprint density at radius 2 is 1.30 bits per heavy atom. The normalized spacial score (nSPS) is 33.0. The molecule has 0 aromatic heterocycles. The molecule has 1 spiro atoms. The lowest BCUT2D eigenvalue weighted by molar-refractivity contribution is -0.161. The minimum Gasteiger partial charge on any atom is -0.377 e. The van der Waals surface area contributed by atoms with E-state index < -0.39 is 180 Å². The fraction of sp³-hybridized carbons (Fsp3) is 0.825. The van der Waals surface area contributed by atoms with Gasteiger partial charge in [0.05, 0.1) is 19.1 Å². The highest BCUT2D eigenvalue weighted by Crippen LogP contribution is 2.50. The standard InChI is InChI=1S/C80H130F2N12O13/c1-17-25-58-70(98)84-67(49(5)18-2)76(104)93(55-34-35-55)45-65(97)89(14)59-28-21-20-24-37-92(75(59)103)62(40-52-31-29-48(4)30-32-52)74(102)87(12)44-63(95)83-57(36-33-53-38-50(6)66(69(81)82)51(7)39-53)72(100)94-43-56(107-19-3)41-60(94)71(99)85-80(46-79(8,9)47-80)78(106)91(16)68(54-26-22-23-27-54)77(105)90(15)61(73(101)86(10)11)42-64(96)88(58)13/h20-21,48-62,66-69H,17-19,22-47H2,1-16H3,(H,83,95)(H,84,98)(H,85,99)/b21-20-/t48?,49-,50?,51?,52?,53?,56+,57-,58-,59-,60-,61-,62-,66?,67-,68-/m0/s1. The molecule has 3 N–H and O–H groups in total. The minimum absolute atomic E-state index is 0.0147.